The Hall–Kier alpha value is -4.59. The van der Waals surface area contributed by atoms with Crippen LogP contribution in [0.15, 0.2) is 42.7 Å². The number of likely N-dealkylation sites (tertiary alicyclic amines) is 1. The molecule has 11 nitrogen and oxygen atoms in total. The van der Waals surface area contributed by atoms with Crippen molar-refractivity contribution in [3.63, 3.8) is 0 Å². The molecule has 1 aromatic carbocycles. The maximum Gasteiger partial charge on any atom is 0.416 e. The highest BCUT2D eigenvalue weighted by molar-refractivity contribution is 6.00. The van der Waals surface area contributed by atoms with Crippen molar-refractivity contribution in [2.75, 3.05) is 18.4 Å². The van der Waals surface area contributed by atoms with Crippen LogP contribution in [-0.2, 0) is 4.74 Å². The van der Waals surface area contributed by atoms with Crippen LogP contribution >= 0.6 is 0 Å². The van der Waals surface area contributed by atoms with Crippen LogP contribution in [0.4, 0.5) is 15.4 Å². The molecule has 1 saturated heterocycles. The lowest BCUT2D eigenvalue weighted by atomic mass is 10.1. The Morgan fingerprint density at radius 3 is 2.78 bits per heavy atom. The molecule has 0 saturated carbocycles. The summed E-state index contributed by atoms with van der Waals surface area (Å²) in [6.45, 7) is 6.57. The minimum atomic E-state index is -1.10. The lowest BCUT2D eigenvalue weighted by Crippen LogP contribution is -2.47. The normalized spacial score (nSPS) is 16.1. The average Bonchev–Trinajstić information content (AvgIpc) is 3.45. The van der Waals surface area contributed by atoms with E-state index in [2.05, 4.69) is 21.5 Å². The van der Waals surface area contributed by atoms with Crippen molar-refractivity contribution in [1.82, 2.24) is 24.1 Å². The summed E-state index contributed by atoms with van der Waals surface area (Å²) in [5.74, 6) is 0.588. The number of hydrogen-bond acceptors (Lipinski definition) is 7. The van der Waals surface area contributed by atoms with Gasteiger partial charge in [0, 0.05) is 42.3 Å². The lowest BCUT2D eigenvalue weighted by molar-refractivity contribution is 0.0206. The maximum atomic E-state index is 12.6. The molecule has 2 N–H and O–H groups in total. The molecule has 1 atom stereocenters. The summed E-state index contributed by atoms with van der Waals surface area (Å²) >= 11 is 0. The highest BCUT2D eigenvalue weighted by atomic mass is 16.6. The fourth-order valence-electron chi connectivity index (χ4n) is 4.62. The number of nitriles is 1. The number of anilines is 1. The number of benzene rings is 1. The van der Waals surface area contributed by atoms with Crippen LogP contribution in [0.25, 0.3) is 27.8 Å². The number of para-hydroxylation sites is 1. The fraction of sp³-hybridized carbons (Fsp3) is 0.346. The summed E-state index contributed by atoms with van der Waals surface area (Å²) < 4.78 is 8.27. The van der Waals surface area contributed by atoms with Gasteiger partial charge in [0.05, 0.1) is 17.4 Å². The van der Waals surface area contributed by atoms with Gasteiger partial charge in [-0.15, -0.1) is 0 Å². The van der Waals surface area contributed by atoms with Crippen molar-refractivity contribution >= 4 is 34.6 Å². The Balaban J connectivity index is 1.54. The van der Waals surface area contributed by atoms with Crippen LogP contribution in [0.1, 0.15) is 39.2 Å². The number of amides is 1. The highest BCUT2D eigenvalue weighted by Crippen LogP contribution is 2.32. The van der Waals surface area contributed by atoms with Crippen molar-refractivity contribution < 1.29 is 19.4 Å². The van der Waals surface area contributed by atoms with Gasteiger partial charge in [0.15, 0.2) is 5.65 Å². The Labute approximate surface area is 212 Å². The molecule has 11 heteroatoms. The number of nitrogens with one attached hydrogen (secondary N) is 1. The zero-order valence-electron chi connectivity index (χ0n) is 20.8. The van der Waals surface area contributed by atoms with E-state index in [1.165, 1.54) is 12.4 Å². The van der Waals surface area contributed by atoms with Crippen molar-refractivity contribution in [3.05, 3.63) is 48.3 Å². The maximum absolute atomic E-state index is 12.6. The molecule has 0 aliphatic carbocycles. The number of aromatic nitrogens is 4. The summed E-state index contributed by atoms with van der Waals surface area (Å²) in [6.07, 6.45) is 3.14. The molecule has 4 heterocycles. The van der Waals surface area contributed by atoms with Crippen molar-refractivity contribution in [3.8, 4) is 17.3 Å². The first-order valence-electron chi connectivity index (χ1n) is 12.0. The van der Waals surface area contributed by atoms with E-state index in [-0.39, 0.29) is 12.1 Å². The predicted octanol–water partition coefficient (Wildman–Crippen LogP) is 4.56. The van der Waals surface area contributed by atoms with E-state index in [0.717, 1.165) is 22.8 Å². The molecule has 190 valence electrons. The van der Waals surface area contributed by atoms with E-state index >= 15 is 0 Å². The lowest BCUT2D eigenvalue weighted by Gasteiger charge is -2.34. The second-order valence-electron chi connectivity index (χ2n) is 10.1. The van der Waals surface area contributed by atoms with Gasteiger partial charge >= 0.3 is 12.2 Å². The fourth-order valence-corrected chi connectivity index (χ4v) is 4.62. The molecule has 1 aliphatic rings. The standard InChI is InChI=1S/C26H27N7O4/c1-26(2,3)37-25(36)31-10-6-7-17(14-31)29-22-11-20(30-23-16(12-27)13-28-33(22)23)19-15-32(24(34)35)21-9-5-4-8-18(19)21/h4-5,8-9,11,13,15,17,29H,6-7,10,14H2,1-3H3,(H,34,35)/t17-/m0/s1. The van der Waals surface area contributed by atoms with E-state index in [9.17, 15) is 20.0 Å². The third-order valence-corrected chi connectivity index (χ3v) is 6.21. The average molecular weight is 502 g/mol. The number of carbonyl (C=O) groups excluding carboxylic acids is 1. The number of piperidine rings is 1. The molecule has 0 radical (unpaired) electrons. The second kappa shape index (κ2) is 9.13. The number of carbonyl (C=O) groups is 2. The molecule has 0 bridgehead atoms. The van der Waals surface area contributed by atoms with Crippen LogP contribution in [0, 0.1) is 11.3 Å². The van der Waals surface area contributed by atoms with Crippen molar-refractivity contribution in [2.45, 2.75) is 45.3 Å². The van der Waals surface area contributed by atoms with Crippen LogP contribution in [0.3, 0.4) is 0 Å². The number of rotatable bonds is 3. The van der Waals surface area contributed by atoms with Crippen molar-refractivity contribution in [1.29, 1.82) is 5.26 Å². The first-order chi connectivity index (χ1) is 17.6. The SMILES string of the molecule is CC(C)(C)OC(=O)N1CCC[C@H](Nc2cc(-c3cn(C(=O)O)c4ccccc34)nc3c(C#N)cnn23)C1. The van der Waals surface area contributed by atoms with Crippen LogP contribution in [0.2, 0.25) is 0 Å². The number of nitrogens with zero attached hydrogens (tertiary/aromatic N) is 6. The summed E-state index contributed by atoms with van der Waals surface area (Å²) in [6, 6.07) is 11.0. The highest BCUT2D eigenvalue weighted by Gasteiger charge is 2.28. The number of fused-ring (bicyclic) bond motifs is 2. The molecule has 3 aromatic heterocycles. The number of hydrogen-bond donors (Lipinski definition) is 2. The van der Waals surface area contributed by atoms with Crippen LogP contribution < -0.4 is 5.32 Å². The minimum Gasteiger partial charge on any atom is -0.464 e. The molecule has 37 heavy (non-hydrogen) atoms. The van der Waals surface area contributed by atoms with Gasteiger partial charge in [-0.05, 0) is 39.7 Å². The molecular weight excluding hydrogens is 474 g/mol. The summed E-state index contributed by atoms with van der Waals surface area (Å²) in [7, 11) is 0. The molecule has 1 aliphatic heterocycles. The predicted molar refractivity (Wildman–Crippen MR) is 137 cm³/mol. The topological polar surface area (TPSA) is 138 Å². The molecule has 0 unspecified atom stereocenters. The summed E-state index contributed by atoms with van der Waals surface area (Å²) in [5.41, 5.74) is 1.73. The molecule has 0 spiro atoms. The Morgan fingerprint density at radius 1 is 1.27 bits per heavy atom. The Bertz CT molecular complexity index is 1560. The van der Waals surface area contributed by atoms with Gasteiger partial charge < -0.3 is 20.1 Å². The van der Waals surface area contributed by atoms with Gasteiger partial charge in [0.25, 0.3) is 0 Å². The van der Waals surface area contributed by atoms with Crippen LogP contribution in [0.5, 0.6) is 0 Å². The van der Waals surface area contributed by atoms with Crippen molar-refractivity contribution in [2.24, 2.45) is 0 Å². The number of carboxylic acid groups (broad SMARTS) is 1. The zero-order valence-corrected chi connectivity index (χ0v) is 20.8. The van der Waals surface area contributed by atoms with Gasteiger partial charge in [-0.3, -0.25) is 4.57 Å². The smallest absolute Gasteiger partial charge is 0.416 e. The van der Waals surface area contributed by atoms with Gasteiger partial charge in [0.1, 0.15) is 23.1 Å². The van der Waals surface area contributed by atoms with E-state index in [1.807, 2.05) is 32.9 Å². The molecule has 4 aromatic rings. The monoisotopic (exact) mass is 501 g/mol. The largest absolute Gasteiger partial charge is 0.464 e. The zero-order chi connectivity index (χ0) is 26.3. The third-order valence-electron chi connectivity index (χ3n) is 6.21. The Morgan fingerprint density at radius 2 is 2.05 bits per heavy atom. The first kappa shape index (κ1) is 24.1. The minimum absolute atomic E-state index is 0.0881. The Kier molecular flexibility index (Phi) is 5.95. The van der Waals surface area contributed by atoms with Gasteiger partial charge in [-0.2, -0.15) is 14.9 Å². The van der Waals surface area contributed by atoms with Crippen LogP contribution in [-0.4, -0.2) is 66.1 Å². The summed E-state index contributed by atoms with van der Waals surface area (Å²) in [4.78, 5) is 30.9. The molecular formula is C26H27N7O4. The quantitative estimate of drug-likeness (QED) is 0.417. The van der Waals surface area contributed by atoms with Gasteiger partial charge in [0.2, 0.25) is 0 Å². The van der Waals surface area contributed by atoms with E-state index in [1.54, 1.807) is 27.6 Å². The first-order valence-corrected chi connectivity index (χ1v) is 12.0. The van der Waals surface area contributed by atoms with E-state index in [4.69, 9.17) is 4.74 Å². The third kappa shape index (κ3) is 4.65. The second-order valence-corrected chi connectivity index (χ2v) is 10.1. The molecule has 1 amide bonds. The number of ether oxygens (including phenoxy) is 1. The van der Waals surface area contributed by atoms with Gasteiger partial charge in [-0.1, -0.05) is 18.2 Å². The van der Waals surface area contributed by atoms with E-state index < -0.39 is 11.7 Å². The van der Waals surface area contributed by atoms with Gasteiger partial charge in [-0.25, -0.2) is 14.6 Å². The summed E-state index contributed by atoms with van der Waals surface area (Å²) in [5, 5.41) is 27.9. The van der Waals surface area contributed by atoms with E-state index in [0.29, 0.717) is 46.9 Å². The molecule has 1 fully saturated rings. The molecule has 5 rings (SSSR count).